The van der Waals surface area contributed by atoms with Gasteiger partial charge in [-0.3, -0.25) is 4.79 Å². The lowest BCUT2D eigenvalue weighted by molar-refractivity contribution is -0.141. The Balaban J connectivity index is 2.11. The van der Waals surface area contributed by atoms with Crippen molar-refractivity contribution in [2.45, 2.75) is 13.3 Å². The minimum Gasteiger partial charge on any atom is -0.465 e. The average molecular weight is 264 g/mol. The summed E-state index contributed by atoms with van der Waals surface area (Å²) in [6.45, 7) is 2.18. The largest absolute Gasteiger partial charge is 0.465 e. The normalized spacial score (nSPS) is 9.45. The molecule has 0 unspecified atom stereocenters. The number of rotatable bonds is 3. The number of hydrogen-bond donors (Lipinski definition) is 0. The molecule has 0 saturated carbocycles. The molecule has 0 atom stereocenters. The van der Waals surface area contributed by atoms with Crippen LogP contribution in [0.2, 0.25) is 0 Å². The fraction of sp³-hybridized carbons (Fsp3) is 0.167. The van der Waals surface area contributed by atoms with E-state index in [1.807, 2.05) is 42.5 Å². The molecule has 0 aromatic heterocycles. The second-order valence-corrected chi connectivity index (χ2v) is 4.23. The number of carbonyl (C=O) groups is 1. The van der Waals surface area contributed by atoms with Crippen molar-refractivity contribution >= 4 is 5.97 Å². The number of esters is 1. The highest BCUT2D eigenvalue weighted by molar-refractivity contribution is 5.72. The molecule has 2 aromatic carbocycles. The van der Waals surface area contributed by atoms with Crippen LogP contribution in [-0.2, 0) is 9.53 Å². The summed E-state index contributed by atoms with van der Waals surface area (Å²) in [4.78, 5) is 11.2. The highest BCUT2D eigenvalue weighted by Crippen LogP contribution is 2.19. The molecule has 0 saturated heterocycles. The van der Waals surface area contributed by atoms with Gasteiger partial charge >= 0.3 is 5.97 Å². The third-order valence-electron chi connectivity index (χ3n) is 2.74. The highest BCUT2D eigenvalue weighted by Gasteiger charge is 1.98. The molecule has 2 rings (SSSR count). The predicted octanol–water partition coefficient (Wildman–Crippen LogP) is 3.66. The van der Waals surface area contributed by atoms with Crippen molar-refractivity contribution in [3.8, 4) is 23.0 Å². The number of carbonyl (C=O) groups excluding carboxylic acids is 1. The van der Waals surface area contributed by atoms with Crippen LogP contribution in [-0.4, -0.2) is 12.6 Å². The van der Waals surface area contributed by atoms with Crippen LogP contribution in [0.1, 0.15) is 18.9 Å². The van der Waals surface area contributed by atoms with Gasteiger partial charge in [-0.2, -0.15) is 0 Å². The van der Waals surface area contributed by atoms with Crippen molar-refractivity contribution in [2.24, 2.45) is 0 Å². The minimum absolute atomic E-state index is 0.128. The summed E-state index contributed by atoms with van der Waals surface area (Å²) in [5.41, 5.74) is 3.17. The fourth-order valence-electron chi connectivity index (χ4n) is 1.84. The monoisotopic (exact) mass is 264 g/mol. The molecule has 0 aliphatic rings. The van der Waals surface area contributed by atoms with Gasteiger partial charge in [0.05, 0.1) is 6.61 Å². The van der Waals surface area contributed by atoms with Crippen LogP contribution in [0.4, 0.5) is 0 Å². The summed E-state index contributed by atoms with van der Waals surface area (Å²) in [5.74, 6) is 5.56. The quantitative estimate of drug-likeness (QED) is 0.624. The molecule has 0 bridgehead atoms. The standard InChI is InChI=1S/C18H16O2/c1-2-20-18(19)13-7-9-15-8-6-12-17(14-15)16-10-4-3-5-11-16/h3-6,8,10-12,14H,2,13H2,1H3. The lowest BCUT2D eigenvalue weighted by atomic mass is 10.0. The lowest BCUT2D eigenvalue weighted by Crippen LogP contribution is -2.01. The Morgan fingerprint density at radius 3 is 2.55 bits per heavy atom. The number of hydrogen-bond acceptors (Lipinski definition) is 2. The summed E-state index contributed by atoms with van der Waals surface area (Å²) in [7, 11) is 0. The summed E-state index contributed by atoms with van der Waals surface area (Å²) < 4.78 is 4.83. The molecular formula is C18H16O2. The maximum absolute atomic E-state index is 11.2. The van der Waals surface area contributed by atoms with E-state index < -0.39 is 0 Å². The van der Waals surface area contributed by atoms with Crippen molar-refractivity contribution in [2.75, 3.05) is 6.61 Å². The van der Waals surface area contributed by atoms with Gasteiger partial charge in [0, 0.05) is 5.56 Å². The van der Waals surface area contributed by atoms with Crippen molar-refractivity contribution < 1.29 is 9.53 Å². The molecule has 0 fully saturated rings. The molecule has 0 spiro atoms. The molecule has 0 aliphatic heterocycles. The Morgan fingerprint density at radius 1 is 1.05 bits per heavy atom. The predicted molar refractivity (Wildman–Crippen MR) is 80.0 cm³/mol. The van der Waals surface area contributed by atoms with Crippen molar-refractivity contribution in [3.63, 3.8) is 0 Å². The Bertz CT molecular complexity index is 633. The molecule has 0 aliphatic carbocycles. The van der Waals surface area contributed by atoms with Crippen LogP contribution >= 0.6 is 0 Å². The summed E-state index contributed by atoms with van der Waals surface area (Å²) in [6, 6.07) is 18.1. The molecule has 0 heterocycles. The zero-order valence-electron chi connectivity index (χ0n) is 11.4. The highest BCUT2D eigenvalue weighted by atomic mass is 16.5. The first-order valence-electron chi connectivity index (χ1n) is 6.59. The van der Waals surface area contributed by atoms with Crippen molar-refractivity contribution in [1.82, 2.24) is 0 Å². The summed E-state index contributed by atoms with van der Waals surface area (Å²) in [5, 5.41) is 0. The van der Waals surface area contributed by atoms with Crippen LogP contribution < -0.4 is 0 Å². The zero-order chi connectivity index (χ0) is 14.2. The van der Waals surface area contributed by atoms with Gasteiger partial charge in [-0.25, -0.2) is 0 Å². The van der Waals surface area contributed by atoms with Gasteiger partial charge in [-0.15, -0.1) is 0 Å². The molecule has 2 heteroatoms. The first kappa shape index (κ1) is 13.9. The van der Waals surface area contributed by atoms with E-state index in [9.17, 15) is 4.79 Å². The van der Waals surface area contributed by atoms with Crippen molar-refractivity contribution in [3.05, 3.63) is 60.2 Å². The van der Waals surface area contributed by atoms with E-state index in [1.165, 1.54) is 0 Å². The van der Waals surface area contributed by atoms with E-state index in [0.717, 1.165) is 16.7 Å². The Kier molecular flexibility index (Phi) is 4.97. The van der Waals surface area contributed by atoms with E-state index in [-0.39, 0.29) is 12.4 Å². The van der Waals surface area contributed by atoms with E-state index in [2.05, 4.69) is 24.0 Å². The lowest BCUT2D eigenvalue weighted by Gasteiger charge is -2.01. The van der Waals surface area contributed by atoms with Crippen LogP contribution in [0.3, 0.4) is 0 Å². The van der Waals surface area contributed by atoms with Crippen LogP contribution in [0.15, 0.2) is 54.6 Å². The van der Waals surface area contributed by atoms with Gasteiger partial charge < -0.3 is 4.74 Å². The molecule has 2 nitrogen and oxygen atoms in total. The van der Waals surface area contributed by atoms with Gasteiger partial charge in [0.25, 0.3) is 0 Å². The maximum Gasteiger partial charge on any atom is 0.317 e. The van der Waals surface area contributed by atoms with E-state index in [0.29, 0.717) is 6.61 Å². The maximum atomic E-state index is 11.2. The van der Waals surface area contributed by atoms with Gasteiger partial charge in [0.2, 0.25) is 0 Å². The van der Waals surface area contributed by atoms with Crippen LogP contribution in [0.25, 0.3) is 11.1 Å². The zero-order valence-corrected chi connectivity index (χ0v) is 11.4. The van der Waals surface area contributed by atoms with Gasteiger partial charge in [-0.1, -0.05) is 54.3 Å². The fourth-order valence-corrected chi connectivity index (χ4v) is 1.84. The SMILES string of the molecule is CCOC(=O)CC#Cc1cccc(-c2ccccc2)c1. The second-order valence-electron chi connectivity index (χ2n) is 4.23. The molecule has 0 amide bonds. The van der Waals surface area contributed by atoms with Gasteiger partial charge in [0.1, 0.15) is 6.42 Å². The number of ether oxygens (including phenoxy) is 1. The third-order valence-corrected chi connectivity index (χ3v) is 2.74. The number of benzene rings is 2. The van der Waals surface area contributed by atoms with Gasteiger partial charge in [0.15, 0.2) is 0 Å². The van der Waals surface area contributed by atoms with E-state index in [4.69, 9.17) is 4.74 Å². The van der Waals surface area contributed by atoms with E-state index >= 15 is 0 Å². The Labute approximate surface area is 119 Å². The van der Waals surface area contributed by atoms with Crippen LogP contribution in [0.5, 0.6) is 0 Å². The van der Waals surface area contributed by atoms with Crippen LogP contribution in [0, 0.1) is 11.8 Å². The van der Waals surface area contributed by atoms with E-state index in [1.54, 1.807) is 6.92 Å². The Morgan fingerprint density at radius 2 is 1.80 bits per heavy atom. The molecule has 20 heavy (non-hydrogen) atoms. The first-order chi connectivity index (χ1) is 9.79. The average Bonchev–Trinajstić information content (AvgIpc) is 2.49. The van der Waals surface area contributed by atoms with Gasteiger partial charge in [-0.05, 0) is 30.2 Å². The molecule has 100 valence electrons. The third kappa shape index (κ3) is 4.00. The molecule has 0 radical (unpaired) electrons. The first-order valence-corrected chi connectivity index (χ1v) is 6.59. The minimum atomic E-state index is -0.279. The molecule has 0 N–H and O–H groups in total. The second kappa shape index (κ2) is 7.16. The van der Waals surface area contributed by atoms with Crippen molar-refractivity contribution in [1.29, 1.82) is 0 Å². The topological polar surface area (TPSA) is 26.3 Å². The summed E-state index contributed by atoms with van der Waals surface area (Å²) in [6.07, 6.45) is 0.128. The molecule has 2 aromatic rings. The summed E-state index contributed by atoms with van der Waals surface area (Å²) >= 11 is 0. The Hall–Kier alpha value is -2.53. The molecular weight excluding hydrogens is 248 g/mol. The smallest absolute Gasteiger partial charge is 0.317 e.